The fourth-order valence-corrected chi connectivity index (χ4v) is 4.66. The van der Waals surface area contributed by atoms with E-state index in [4.69, 9.17) is 9.47 Å². The Labute approximate surface area is 227 Å². The summed E-state index contributed by atoms with van der Waals surface area (Å²) in [5.41, 5.74) is -0.190. The van der Waals surface area contributed by atoms with Gasteiger partial charge in [-0.1, -0.05) is 30.3 Å². The highest BCUT2D eigenvalue weighted by molar-refractivity contribution is 6.43. The van der Waals surface area contributed by atoms with Crippen molar-refractivity contribution in [3.05, 3.63) is 47.5 Å². The van der Waals surface area contributed by atoms with Gasteiger partial charge in [0.05, 0.1) is 31.7 Å². The van der Waals surface area contributed by atoms with Crippen molar-refractivity contribution in [1.82, 2.24) is 15.1 Å². The van der Waals surface area contributed by atoms with Crippen LogP contribution in [0.15, 0.2) is 42.0 Å². The van der Waals surface area contributed by atoms with Crippen LogP contribution in [0.1, 0.15) is 32.3 Å². The summed E-state index contributed by atoms with van der Waals surface area (Å²) >= 11 is 0. The third-order valence-electron chi connectivity index (χ3n) is 6.98. The molecule has 13 heteroatoms. The zero-order chi connectivity index (χ0) is 28.6. The molecule has 2 aliphatic rings. The molecule has 10 nitrogen and oxygen atoms in total. The van der Waals surface area contributed by atoms with E-state index >= 15 is 0 Å². The Morgan fingerprint density at radius 3 is 2.67 bits per heavy atom. The summed E-state index contributed by atoms with van der Waals surface area (Å²) in [6.45, 7) is 3.19. The van der Waals surface area contributed by atoms with E-state index in [9.17, 15) is 33.7 Å². The van der Waals surface area contributed by atoms with E-state index < -0.39 is 49.1 Å². The lowest BCUT2D eigenvalue weighted by Crippen LogP contribution is -2.53. The lowest BCUT2D eigenvalue weighted by molar-refractivity contribution is -0.137. The number of amides is 2. The van der Waals surface area contributed by atoms with Gasteiger partial charge in [-0.15, -0.1) is 0 Å². The second kappa shape index (κ2) is 13.3. The van der Waals surface area contributed by atoms with Gasteiger partial charge in [0.15, 0.2) is 0 Å². The quantitative estimate of drug-likeness (QED) is 0.228. The molecule has 39 heavy (non-hydrogen) atoms. The number of nitriles is 1. The molecule has 3 N–H and O–H groups in total. The number of alkyl halides is 2. The molecule has 1 aromatic rings. The Morgan fingerprint density at radius 2 is 2.05 bits per heavy atom. The summed E-state index contributed by atoms with van der Waals surface area (Å²) < 4.78 is 38.2. The van der Waals surface area contributed by atoms with E-state index in [1.165, 1.54) is 15.9 Å². The first-order valence-corrected chi connectivity index (χ1v) is 12.9. The number of carbonyl (C=O) groups is 2. The standard InChI is InChI=1S/C26H35BF2N4O6/c1-25(2,32-11-10-26(28,29)18-32)14-20(15-30)23(34)33-12-13-38-16-21(33)17-39-24(35)31-22(27(36)37)9-8-19-6-4-3-5-7-19/h3-7,14,21-22,36-37H,8-13,16-18H2,1-2H3,(H,31,35). The minimum absolute atomic E-state index is 0.0551. The Hall–Kier alpha value is -3.05. The molecular weight excluding hydrogens is 513 g/mol. The van der Waals surface area contributed by atoms with E-state index in [1.807, 2.05) is 36.4 Å². The summed E-state index contributed by atoms with van der Waals surface area (Å²) in [5, 5.41) is 31.5. The van der Waals surface area contributed by atoms with Crippen LogP contribution in [0, 0.1) is 11.3 Å². The van der Waals surface area contributed by atoms with Gasteiger partial charge >= 0.3 is 13.2 Å². The van der Waals surface area contributed by atoms with Gasteiger partial charge in [-0.25, -0.2) is 13.6 Å². The summed E-state index contributed by atoms with van der Waals surface area (Å²) in [7, 11) is -1.81. The molecule has 2 aliphatic heterocycles. The third-order valence-corrected chi connectivity index (χ3v) is 6.98. The van der Waals surface area contributed by atoms with Crippen LogP contribution < -0.4 is 5.32 Å². The van der Waals surface area contributed by atoms with Gasteiger partial charge in [0.25, 0.3) is 11.8 Å². The average molecular weight is 548 g/mol. The van der Waals surface area contributed by atoms with Gasteiger partial charge in [0.2, 0.25) is 0 Å². The molecule has 3 rings (SSSR count). The lowest BCUT2D eigenvalue weighted by Gasteiger charge is -2.36. The Balaban J connectivity index is 1.60. The largest absolute Gasteiger partial charge is 0.475 e. The number of alkyl carbamates (subject to hydrolysis) is 1. The molecule has 2 fully saturated rings. The topological polar surface area (TPSA) is 135 Å². The zero-order valence-corrected chi connectivity index (χ0v) is 22.2. The highest BCUT2D eigenvalue weighted by Gasteiger charge is 2.43. The number of likely N-dealkylation sites (tertiary alicyclic amines) is 1. The number of rotatable bonds is 10. The van der Waals surface area contributed by atoms with Crippen molar-refractivity contribution in [2.75, 3.05) is 39.5 Å². The maximum atomic E-state index is 13.7. The number of hydrogen-bond acceptors (Lipinski definition) is 8. The van der Waals surface area contributed by atoms with E-state index in [1.54, 1.807) is 13.8 Å². The number of halogens is 2. The van der Waals surface area contributed by atoms with E-state index in [2.05, 4.69) is 5.32 Å². The van der Waals surface area contributed by atoms with Gasteiger partial charge in [0.1, 0.15) is 18.2 Å². The Kier molecular flexibility index (Phi) is 10.4. The fraction of sp³-hybridized carbons (Fsp3) is 0.577. The van der Waals surface area contributed by atoms with Gasteiger partial charge < -0.3 is 29.7 Å². The van der Waals surface area contributed by atoms with Crippen LogP contribution in [0.5, 0.6) is 0 Å². The third kappa shape index (κ3) is 8.73. The van der Waals surface area contributed by atoms with Crippen LogP contribution in [0.4, 0.5) is 13.6 Å². The van der Waals surface area contributed by atoms with Crippen molar-refractivity contribution < 1.29 is 37.9 Å². The van der Waals surface area contributed by atoms with Crippen LogP contribution in [0.25, 0.3) is 0 Å². The Morgan fingerprint density at radius 1 is 1.33 bits per heavy atom. The fourth-order valence-electron chi connectivity index (χ4n) is 4.66. The molecule has 0 bridgehead atoms. The van der Waals surface area contributed by atoms with Crippen molar-refractivity contribution >= 4 is 19.1 Å². The minimum atomic E-state index is -2.82. The predicted molar refractivity (Wildman–Crippen MR) is 138 cm³/mol. The minimum Gasteiger partial charge on any atom is -0.447 e. The van der Waals surface area contributed by atoms with Crippen LogP contribution in [-0.2, 0) is 20.7 Å². The van der Waals surface area contributed by atoms with Crippen molar-refractivity contribution in [3.8, 4) is 6.07 Å². The van der Waals surface area contributed by atoms with E-state index in [0.29, 0.717) is 6.42 Å². The summed E-state index contributed by atoms with van der Waals surface area (Å²) in [5.74, 6) is -4.41. The van der Waals surface area contributed by atoms with Gasteiger partial charge in [-0.2, -0.15) is 5.26 Å². The van der Waals surface area contributed by atoms with Crippen LogP contribution in [0.2, 0.25) is 0 Å². The molecular formula is C26H35BF2N4O6. The number of aryl methyl sites for hydroxylation is 1. The number of nitrogens with zero attached hydrogens (tertiary/aromatic N) is 3. The smallest absolute Gasteiger partial charge is 0.447 e. The lowest BCUT2D eigenvalue weighted by atomic mass is 9.76. The van der Waals surface area contributed by atoms with Crippen molar-refractivity contribution in [2.24, 2.45) is 0 Å². The molecule has 0 aromatic heterocycles. The van der Waals surface area contributed by atoms with Crippen LogP contribution in [0.3, 0.4) is 0 Å². The number of benzene rings is 1. The maximum Gasteiger partial charge on any atom is 0.475 e. The highest BCUT2D eigenvalue weighted by atomic mass is 19.3. The second-order valence-electron chi connectivity index (χ2n) is 10.4. The van der Waals surface area contributed by atoms with Gasteiger partial charge in [-0.05, 0) is 38.3 Å². The Bertz CT molecular complexity index is 1070. The van der Waals surface area contributed by atoms with E-state index in [-0.39, 0.29) is 51.3 Å². The van der Waals surface area contributed by atoms with Crippen molar-refractivity contribution in [3.63, 3.8) is 0 Å². The molecule has 2 amide bonds. The van der Waals surface area contributed by atoms with Crippen LogP contribution in [-0.4, -0.2) is 102 Å². The molecule has 0 spiro atoms. The SMILES string of the molecule is CC(C)(C=C(C#N)C(=O)N1CCOCC1COC(=O)NC(CCc1ccccc1)B(O)O)N1CCC(F)(F)C1. The first kappa shape index (κ1) is 30.5. The first-order chi connectivity index (χ1) is 18.4. The van der Waals surface area contributed by atoms with Gasteiger partial charge in [0, 0.05) is 25.0 Å². The normalized spacial score (nSPS) is 20.7. The molecule has 0 radical (unpaired) electrons. The highest BCUT2D eigenvalue weighted by Crippen LogP contribution is 2.33. The van der Waals surface area contributed by atoms with Crippen molar-refractivity contribution in [2.45, 2.75) is 56.6 Å². The molecule has 0 saturated carbocycles. The molecule has 212 valence electrons. The number of carbonyl (C=O) groups excluding carboxylic acids is 2. The monoisotopic (exact) mass is 548 g/mol. The maximum absolute atomic E-state index is 13.7. The summed E-state index contributed by atoms with van der Waals surface area (Å²) in [6, 6.07) is 10.6. The van der Waals surface area contributed by atoms with Crippen LogP contribution >= 0.6 is 0 Å². The van der Waals surface area contributed by atoms with Gasteiger partial charge in [-0.3, -0.25) is 9.69 Å². The predicted octanol–water partition coefficient (Wildman–Crippen LogP) is 1.52. The summed E-state index contributed by atoms with van der Waals surface area (Å²) in [6.07, 6.45) is 0.966. The molecule has 1 aromatic carbocycles. The number of hydrogen-bond donors (Lipinski definition) is 3. The summed E-state index contributed by atoms with van der Waals surface area (Å²) in [4.78, 5) is 28.6. The number of morpholine rings is 1. The van der Waals surface area contributed by atoms with Crippen molar-refractivity contribution in [1.29, 1.82) is 5.26 Å². The van der Waals surface area contributed by atoms with E-state index in [0.717, 1.165) is 5.56 Å². The molecule has 2 unspecified atom stereocenters. The molecule has 2 heterocycles. The molecule has 2 saturated heterocycles. The number of ether oxygens (including phenoxy) is 2. The average Bonchev–Trinajstić information content (AvgIpc) is 3.29. The number of nitrogens with one attached hydrogen (secondary N) is 1. The second-order valence-corrected chi connectivity index (χ2v) is 10.4. The first-order valence-electron chi connectivity index (χ1n) is 12.9. The molecule has 2 atom stereocenters. The zero-order valence-electron chi connectivity index (χ0n) is 22.2. The molecule has 0 aliphatic carbocycles.